The van der Waals surface area contributed by atoms with Crippen LogP contribution in [0.4, 0.5) is 0 Å². The molecule has 0 fully saturated rings. The molecular formula is C23H21NO4. The topological polar surface area (TPSA) is 75.6 Å². The minimum Gasteiger partial charge on any atom is -0.508 e. The van der Waals surface area contributed by atoms with Crippen LogP contribution in [0.25, 0.3) is 0 Å². The molecule has 0 bridgehead atoms. The van der Waals surface area contributed by atoms with Crippen LogP contribution < -0.4 is 5.32 Å². The van der Waals surface area contributed by atoms with Crippen molar-refractivity contribution in [3.63, 3.8) is 0 Å². The van der Waals surface area contributed by atoms with Gasteiger partial charge in [-0.1, -0.05) is 60.7 Å². The maximum absolute atomic E-state index is 12.7. The Bertz CT molecular complexity index is 908. The standard InChI is InChI=1S/C23H21NO4/c25-20-13-11-17(12-14-20)15-21(24-22(26)19-9-5-2-6-10-19)23(27)28-16-18-7-3-1-4-8-18/h1-14,21,25H,15-16H2,(H,24,26)/t21-/m0/s1. The minimum atomic E-state index is -0.846. The van der Waals surface area contributed by atoms with E-state index in [2.05, 4.69) is 5.32 Å². The molecule has 3 rings (SSSR count). The van der Waals surface area contributed by atoms with Crippen LogP contribution in [0.15, 0.2) is 84.9 Å². The second kappa shape index (κ2) is 9.37. The summed E-state index contributed by atoms with van der Waals surface area (Å²) >= 11 is 0. The fourth-order valence-electron chi connectivity index (χ4n) is 2.72. The van der Waals surface area contributed by atoms with Crippen LogP contribution in [0.1, 0.15) is 21.5 Å². The van der Waals surface area contributed by atoms with Gasteiger partial charge in [0.1, 0.15) is 18.4 Å². The minimum absolute atomic E-state index is 0.132. The van der Waals surface area contributed by atoms with E-state index in [0.29, 0.717) is 5.56 Å². The van der Waals surface area contributed by atoms with Crippen molar-refractivity contribution >= 4 is 11.9 Å². The monoisotopic (exact) mass is 375 g/mol. The van der Waals surface area contributed by atoms with Gasteiger partial charge >= 0.3 is 5.97 Å². The number of ether oxygens (including phenoxy) is 1. The number of amides is 1. The largest absolute Gasteiger partial charge is 0.508 e. The first-order valence-corrected chi connectivity index (χ1v) is 8.96. The molecule has 0 spiro atoms. The van der Waals surface area contributed by atoms with Crippen LogP contribution in [0, 0.1) is 0 Å². The Morgan fingerprint density at radius 1 is 0.821 bits per heavy atom. The summed E-state index contributed by atoms with van der Waals surface area (Å²) in [5.74, 6) is -0.720. The van der Waals surface area contributed by atoms with Gasteiger partial charge in [-0.15, -0.1) is 0 Å². The molecule has 0 aliphatic carbocycles. The number of phenolic OH excluding ortho intramolecular Hbond substituents is 1. The SMILES string of the molecule is O=C(N[C@@H](Cc1ccc(O)cc1)C(=O)OCc1ccccc1)c1ccccc1. The Hall–Kier alpha value is -3.60. The molecule has 3 aromatic rings. The highest BCUT2D eigenvalue weighted by Crippen LogP contribution is 2.13. The van der Waals surface area contributed by atoms with Crippen LogP contribution in [-0.2, 0) is 22.6 Å². The summed E-state index contributed by atoms with van der Waals surface area (Å²) in [6, 6.07) is 23.7. The summed E-state index contributed by atoms with van der Waals surface area (Å²) in [5.41, 5.74) is 2.13. The number of phenols is 1. The van der Waals surface area contributed by atoms with Gasteiger partial charge in [0.2, 0.25) is 0 Å². The lowest BCUT2D eigenvalue weighted by Gasteiger charge is -2.18. The molecule has 1 amide bonds. The molecule has 1 atom stereocenters. The van der Waals surface area contributed by atoms with E-state index in [4.69, 9.17) is 4.74 Å². The van der Waals surface area contributed by atoms with Crippen LogP contribution in [0.3, 0.4) is 0 Å². The molecular weight excluding hydrogens is 354 g/mol. The Labute approximate surface area is 163 Å². The quantitative estimate of drug-likeness (QED) is 0.620. The van der Waals surface area contributed by atoms with E-state index in [1.165, 1.54) is 0 Å². The summed E-state index contributed by atoms with van der Waals surface area (Å²) < 4.78 is 5.42. The Kier molecular flexibility index (Phi) is 6.41. The van der Waals surface area contributed by atoms with Gasteiger partial charge in [-0.25, -0.2) is 4.79 Å². The van der Waals surface area contributed by atoms with E-state index in [-0.39, 0.29) is 24.7 Å². The second-order valence-corrected chi connectivity index (χ2v) is 6.36. The average molecular weight is 375 g/mol. The van der Waals surface area contributed by atoms with E-state index >= 15 is 0 Å². The highest BCUT2D eigenvalue weighted by molar-refractivity contribution is 5.96. The molecule has 0 aliphatic heterocycles. The smallest absolute Gasteiger partial charge is 0.329 e. The van der Waals surface area contributed by atoms with E-state index in [0.717, 1.165) is 11.1 Å². The number of carbonyl (C=O) groups excluding carboxylic acids is 2. The zero-order chi connectivity index (χ0) is 19.8. The molecule has 0 aromatic heterocycles. The lowest BCUT2D eigenvalue weighted by atomic mass is 10.0. The maximum atomic E-state index is 12.7. The van der Waals surface area contributed by atoms with Crippen molar-refractivity contribution < 1.29 is 19.4 Å². The van der Waals surface area contributed by atoms with Gasteiger partial charge in [0.15, 0.2) is 0 Å². The maximum Gasteiger partial charge on any atom is 0.329 e. The zero-order valence-electron chi connectivity index (χ0n) is 15.2. The number of rotatable bonds is 7. The third-order valence-electron chi connectivity index (χ3n) is 4.23. The first kappa shape index (κ1) is 19.2. The van der Waals surface area contributed by atoms with E-state index < -0.39 is 12.0 Å². The van der Waals surface area contributed by atoms with Crippen molar-refractivity contribution in [3.8, 4) is 5.75 Å². The molecule has 0 saturated heterocycles. The fraction of sp³-hybridized carbons (Fsp3) is 0.130. The summed E-state index contributed by atoms with van der Waals surface area (Å²) in [6.07, 6.45) is 0.256. The predicted molar refractivity (Wildman–Crippen MR) is 106 cm³/mol. The normalized spacial score (nSPS) is 11.4. The summed E-state index contributed by atoms with van der Waals surface area (Å²) in [4.78, 5) is 25.2. The molecule has 3 aromatic carbocycles. The number of nitrogens with one attached hydrogen (secondary N) is 1. The van der Waals surface area contributed by atoms with E-state index in [1.54, 1.807) is 48.5 Å². The van der Waals surface area contributed by atoms with Gasteiger partial charge < -0.3 is 15.2 Å². The van der Waals surface area contributed by atoms with E-state index in [1.807, 2.05) is 36.4 Å². The van der Waals surface area contributed by atoms with Crippen LogP contribution in [0.2, 0.25) is 0 Å². The molecule has 0 saturated carbocycles. The van der Waals surface area contributed by atoms with Gasteiger partial charge in [0.25, 0.3) is 5.91 Å². The molecule has 28 heavy (non-hydrogen) atoms. The summed E-state index contributed by atoms with van der Waals surface area (Å²) in [5, 5.41) is 12.2. The Balaban J connectivity index is 1.71. The zero-order valence-corrected chi connectivity index (χ0v) is 15.2. The number of aromatic hydroxyl groups is 1. The number of hydrogen-bond donors (Lipinski definition) is 2. The first-order chi connectivity index (χ1) is 13.6. The van der Waals surface area contributed by atoms with Gasteiger partial charge in [-0.3, -0.25) is 4.79 Å². The molecule has 142 valence electrons. The number of esters is 1. The van der Waals surface area contributed by atoms with Gasteiger partial charge in [0.05, 0.1) is 0 Å². The molecule has 5 heteroatoms. The first-order valence-electron chi connectivity index (χ1n) is 8.96. The molecule has 2 N–H and O–H groups in total. The molecule has 0 aliphatic rings. The van der Waals surface area contributed by atoms with Crippen LogP contribution in [-0.4, -0.2) is 23.0 Å². The molecule has 0 radical (unpaired) electrons. The van der Waals surface area contributed by atoms with Gasteiger partial charge in [-0.05, 0) is 35.4 Å². The van der Waals surface area contributed by atoms with Crippen LogP contribution >= 0.6 is 0 Å². The number of benzene rings is 3. The average Bonchev–Trinajstić information content (AvgIpc) is 2.74. The van der Waals surface area contributed by atoms with Crippen molar-refractivity contribution in [2.45, 2.75) is 19.1 Å². The molecule has 5 nitrogen and oxygen atoms in total. The highest BCUT2D eigenvalue weighted by Gasteiger charge is 2.23. The molecule has 0 unspecified atom stereocenters. The van der Waals surface area contributed by atoms with E-state index in [9.17, 15) is 14.7 Å². The van der Waals surface area contributed by atoms with Crippen molar-refractivity contribution in [2.24, 2.45) is 0 Å². The van der Waals surface area contributed by atoms with Gasteiger partial charge in [0, 0.05) is 12.0 Å². The van der Waals surface area contributed by atoms with Crippen molar-refractivity contribution in [2.75, 3.05) is 0 Å². The van der Waals surface area contributed by atoms with Gasteiger partial charge in [-0.2, -0.15) is 0 Å². The van der Waals surface area contributed by atoms with Crippen molar-refractivity contribution in [1.82, 2.24) is 5.32 Å². The third kappa shape index (κ3) is 5.45. The van der Waals surface area contributed by atoms with Crippen molar-refractivity contribution in [1.29, 1.82) is 0 Å². The van der Waals surface area contributed by atoms with Crippen molar-refractivity contribution in [3.05, 3.63) is 102 Å². The second-order valence-electron chi connectivity index (χ2n) is 6.36. The predicted octanol–water partition coefficient (Wildman–Crippen LogP) is 3.48. The Morgan fingerprint density at radius 2 is 1.43 bits per heavy atom. The summed E-state index contributed by atoms with van der Waals surface area (Å²) in [7, 11) is 0. The highest BCUT2D eigenvalue weighted by atomic mass is 16.5. The van der Waals surface area contributed by atoms with Crippen LogP contribution in [0.5, 0.6) is 5.75 Å². The lowest BCUT2D eigenvalue weighted by molar-refractivity contribution is -0.147. The summed E-state index contributed by atoms with van der Waals surface area (Å²) in [6.45, 7) is 0.132. The third-order valence-corrected chi connectivity index (χ3v) is 4.23. The molecule has 0 heterocycles. The number of carbonyl (C=O) groups is 2. The lowest BCUT2D eigenvalue weighted by Crippen LogP contribution is -2.43. The Morgan fingerprint density at radius 3 is 2.07 bits per heavy atom. The fourth-order valence-corrected chi connectivity index (χ4v) is 2.72. The number of hydrogen-bond acceptors (Lipinski definition) is 4.